The summed E-state index contributed by atoms with van der Waals surface area (Å²) in [5, 5.41) is 0. The van der Waals surface area contributed by atoms with Gasteiger partial charge in [0, 0.05) is 5.56 Å². The van der Waals surface area contributed by atoms with Gasteiger partial charge in [-0.15, -0.1) is 0 Å². The fraction of sp³-hybridized carbons (Fsp3) is 0.222. The van der Waals surface area contributed by atoms with E-state index < -0.39 is 0 Å². The molecule has 0 spiro atoms. The van der Waals surface area contributed by atoms with Gasteiger partial charge in [-0.1, -0.05) is 68.5 Å². The fourth-order valence-electron chi connectivity index (χ4n) is 1.90. The predicted octanol–water partition coefficient (Wildman–Crippen LogP) is 4.90. The highest BCUT2D eigenvalue weighted by atomic mass is 16.5. The molecule has 0 amide bonds. The molecule has 1 heterocycles. The summed E-state index contributed by atoms with van der Waals surface area (Å²) >= 11 is 0. The van der Waals surface area contributed by atoms with Crippen LogP contribution >= 0.6 is 0 Å². The monoisotopic (exact) mass is 252 g/mol. The van der Waals surface area contributed by atoms with E-state index in [0.717, 1.165) is 5.75 Å². The van der Waals surface area contributed by atoms with E-state index in [2.05, 4.69) is 44.2 Å². The molecule has 98 valence electrons. The topological polar surface area (TPSA) is 9.23 Å². The summed E-state index contributed by atoms with van der Waals surface area (Å²) in [5.41, 5.74) is 2.59. The molecule has 1 aliphatic rings. The van der Waals surface area contributed by atoms with Gasteiger partial charge in [0.05, 0.1) is 0 Å². The Labute approximate surface area is 115 Å². The lowest BCUT2D eigenvalue weighted by Crippen LogP contribution is -1.98. The third-order valence-corrected chi connectivity index (χ3v) is 3.02. The van der Waals surface area contributed by atoms with Crippen LogP contribution in [0.5, 0.6) is 5.75 Å². The first-order valence-corrected chi connectivity index (χ1v) is 6.70. The zero-order chi connectivity index (χ0) is 13.5. The molecule has 1 nitrogen and oxygen atoms in total. The number of benzene rings is 2. The molecule has 0 atom stereocenters. The van der Waals surface area contributed by atoms with Crippen molar-refractivity contribution in [2.45, 2.75) is 19.8 Å². The molecule has 0 aromatic heterocycles. The van der Waals surface area contributed by atoms with Crippen LogP contribution in [0.3, 0.4) is 0 Å². The van der Waals surface area contributed by atoms with E-state index in [1.54, 1.807) is 0 Å². The number of rotatable bonds is 1. The minimum absolute atomic E-state index is 0.659. The number of para-hydroxylation sites is 1. The lowest BCUT2D eigenvalue weighted by Gasteiger charge is -2.10. The Kier molecular flexibility index (Phi) is 4.79. The zero-order valence-corrected chi connectivity index (χ0v) is 11.5. The van der Waals surface area contributed by atoms with Crippen molar-refractivity contribution in [2.24, 2.45) is 0 Å². The summed E-state index contributed by atoms with van der Waals surface area (Å²) in [6.07, 6.45) is 4.10. The fourth-order valence-corrected chi connectivity index (χ4v) is 1.90. The average molecular weight is 252 g/mol. The Morgan fingerprint density at radius 1 is 0.895 bits per heavy atom. The molecule has 0 unspecified atom stereocenters. The molecular weight excluding hydrogens is 232 g/mol. The summed E-state index contributed by atoms with van der Waals surface area (Å²) in [5.74, 6) is 1.65. The van der Waals surface area contributed by atoms with Gasteiger partial charge in [-0.25, -0.2) is 0 Å². The summed E-state index contributed by atoms with van der Waals surface area (Å²) in [4.78, 5) is 0. The van der Waals surface area contributed by atoms with Crippen LogP contribution in [-0.4, -0.2) is 6.61 Å². The molecule has 19 heavy (non-hydrogen) atoms. The molecule has 0 fully saturated rings. The Balaban J connectivity index is 0.000000141. The van der Waals surface area contributed by atoms with Crippen LogP contribution in [-0.2, 0) is 0 Å². The normalized spacial score (nSPS) is 12.2. The number of hydrogen-bond acceptors (Lipinski definition) is 1. The van der Waals surface area contributed by atoms with Crippen molar-refractivity contribution >= 4 is 6.08 Å². The molecule has 3 rings (SSSR count). The molecule has 0 N–H and O–H groups in total. The van der Waals surface area contributed by atoms with Crippen LogP contribution in [0.15, 0.2) is 60.7 Å². The van der Waals surface area contributed by atoms with Gasteiger partial charge in [0.25, 0.3) is 0 Å². The van der Waals surface area contributed by atoms with Crippen LogP contribution in [0.25, 0.3) is 6.08 Å². The van der Waals surface area contributed by atoms with E-state index >= 15 is 0 Å². The van der Waals surface area contributed by atoms with Crippen molar-refractivity contribution in [3.8, 4) is 5.75 Å². The number of ether oxygens (including phenoxy) is 1. The standard InChI is InChI=1S/C9H8O.C9H12/c1-2-6-9-8(4-1)5-3-7-10-9;1-8(2)9-6-4-3-5-7-9/h1-6H,7H2;3-8H,1-2H3. The third-order valence-electron chi connectivity index (χ3n) is 3.02. The van der Waals surface area contributed by atoms with E-state index in [-0.39, 0.29) is 0 Å². The van der Waals surface area contributed by atoms with Crippen LogP contribution < -0.4 is 4.74 Å². The smallest absolute Gasteiger partial charge is 0.126 e. The van der Waals surface area contributed by atoms with Gasteiger partial charge in [-0.2, -0.15) is 0 Å². The second-order valence-corrected chi connectivity index (χ2v) is 4.82. The van der Waals surface area contributed by atoms with Crippen molar-refractivity contribution in [3.63, 3.8) is 0 Å². The van der Waals surface area contributed by atoms with Crippen molar-refractivity contribution < 1.29 is 4.74 Å². The van der Waals surface area contributed by atoms with Gasteiger partial charge >= 0.3 is 0 Å². The first kappa shape index (κ1) is 13.4. The van der Waals surface area contributed by atoms with Crippen molar-refractivity contribution in [3.05, 3.63) is 71.8 Å². The molecule has 0 saturated carbocycles. The van der Waals surface area contributed by atoms with Gasteiger partial charge in [0.1, 0.15) is 12.4 Å². The molecule has 1 aliphatic heterocycles. The lowest BCUT2D eigenvalue weighted by atomic mass is 10.0. The largest absolute Gasteiger partial charge is 0.489 e. The molecular formula is C18H20O. The molecule has 2 aromatic carbocycles. The highest BCUT2D eigenvalue weighted by Gasteiger charge is 2.01. The number of fused-ring (bicyclic) bond motifs is 1. The molecule has 2 aromatic rings. The van der Waals surface area contributed by atoms with E-state index in [1.165, 1.54) is 11.1 Å². The van der Waals surface area contributed by atoms with Gasteiger partial charge < -0.3 is 4.74 Å². The Morgan fingerprint density at radius 2 is 1.58 bits per heavy atom. The first-order valence-electron chi connectivity index (χ1n) is 6.70. The van der Waals surface area contributed by atoms with E-state index in [1.807, 2.05) is 36.4 Å². The van der Waals surface area contributed by atoms with E-state index in [0.29, 0.717) is 12.5 Å². The molecule has 0 radical (unpaired) electrons. The summed E-state index contributed by atoms with van der Waals surface area (Å²) in [6.45, 7) is 5.11. The molecule has 0 bridgehead atoms. The van der Waals surface area contributed by atoms with Crippen LogP contribution in [0, 0.1) is 0 Å². The highest BCUT2D eigenvalue weighted by Crippen LogP contribution is 2.21. The number of hydrogen-bond donors (Lipinski definition) is 0. The second-order valence-electron chi connectivity index (χ2n) is 4.82. The maximum absolute atomic E-state index is 5.34. The van der Waals surface area contributed by atoms with Crippen LogP contribution in [0.2, 0.25) is 0 Å². The Morgan fingerprint density at radius 3 is 2.21 bits per heavy atom. The van der Waals surface area contributed by atoms with Crippen molar-refractivity contribution in [1.29, 1.82) is 0 Å². The van der Waals surface area contributed by atoms with Gasteiger partial charge in [-0.05, 0) is 23.6 Å². The SMILES string of the molecule is C1=Cc2ccccc2OC1.CC(C)c1ccccc1. The van der Waals surface area contributed by atoms with E-state index in [9.17, 15) is 0 Å². The predicted molar refractivity (Wildman–Crippen MR) is 81.5 cm³/mol. The van der Waals surface area contributed by atoms with Gasteiger partial charge in [0.15, 0.2) is 0 Å². The summed E-state index contributed by atoms with van der Waals surface area (Å²) in [7, 11) is 0. The second kappa shape index (κ2) is 6.79. The Hall–Kier alpha value is -2.02. The minimum atomic E-state index is 0.659. The Bertz CT molecular complexity index is 526. The summed E-state index contributed by atoms with van der Waals surface area (Å²) < 4.78 is 5.34. The van der Waals surface area contributed by atoms with Crippen molar-refractivity contribution in [1.82, 2.24) is 0 Å². The quantitative estimate of drug-likeness (QED) is 0.701. The molecule has 0 saturated heterocycles. The van der Waals surface area contributed by atoms with E-state index in [4.69, 9.17) is 4.74 Å². The van der Waals surface area contributed by atoms with Crippen LogP contribution in [0.1, 0.15) is 30.9 Å². The van der Waals surface area contributed by atoms with Gasteiger partial charge in [0.2, 0.25) is 0 Å². The third kappa shape index (κ3) is 3.99. The first-order chi connectivity index (χ1) is 9.27. The zero-order valence-electron chi connectivity index (χ0n) is 11.5. The lowest BCUT2D eigenvalue weighted by molar-refractivity contribution is 0.358. The molecule has 0 aliphatic carbocycles. The van der Waals surface area contributed by atoms with Gasteiger partial charge in [-0.3, -0.25) is 0 Å². The highest BCUT2D eigenvalue weighted by molar-refractivity contribution is 5.58. The van der Waals surface area contributed by atoms with Crippen molar-refractivity contribution in [2.75, 3.05) is 6.61 Å². The van der Waals surface area contributed by atoms with Crippen LogP contribution in [0.4, 0.5) is 0 Å². The summed E-state index contributed by atoms with van der Waals surface area (Å²) in [6, 6.07) is 18.5. The average Bonchev–Trinajstić information content (AvgIpc) is 2.49. The minimum Gasteiger partial charge on any atom is -0.489 e. The maximum atomic E-state index is 5.34. The maximum Gasteiger partial charge on any atom is 0.126 e. The molecule has 1 heteroatoms.